The molecule has 200 valence electrons. The molecule has 0 atom stereocenters. The zero-order valence-electron chi connectivity index (χ0n) is 21.1. The highest BCUT2D eigenvalue weighted by Gasteiger charge is 2.29. The minimum Gasteiger partial charge on any atom is -0.478 e. The summed E-state index contributed by atoms with van der Waals surface area (Å²) < 4.78 is 5.32. The van der Waals surface area contributed by atoms with Crippen LogP contribution in [0.4, 0.5) is 11.4 Å². The number of morpholine rings is 1. The highest BCUT2D eigenvalue weighted by molar-refractivity contribution is 6.37. The van der Waals surface area contributed by atoms with Crippen LogP contribution in [-0.4, -0.2) is 67.2 Å². The van der Waals surface area contributed by atoms with Crippen molar-refractivity contribution in [2.45, 2.75) is 0 Å². The van der Waals surface area contributed by atoms with Gasteiger partial charge in [0.05, 0.1) is 42.3 Å². The summed E-state index contributed by atoms with van der Waals surface area (Å²) >= 11 is 0. The number of carboxylic acid groups (broad SMARTS) is 1. The number of ether oxygens (including phenoxy) is 1. The molecule has 0 aliphatic carbocycles. The smallest absolute Gasteiger partial charge is 0.335 e. The molecule has 10 nitrogen and oxygen atoms in total. The van der Waals surface area contributed by atoms with E-state index in [4.69, 9.17) is 9.57 Å². The van der Waals surface area contributed by atoms with Gasteiger partial charge in [0.1, 0.15) is 0 Å². The van der Waals surface area contributed by atoms with Crippen LogP contribution in [-0.2, 0) is 14.4 Å². The summed E-state index contributed by atoms with van der Waals surface area (Å²) in [5, 5.41) is 15.4. The van der Waals surface area contributed by atoms with E-state index in [0.29, 0.717) is 60.1 Å². The molecule has 39 heavy (non-hydrogen) atoms. The number of carboxylic acids is 1. The number of nitrogens with one attached hydrogen (secondary N) is 3. The second-order valence-electron chi connectivity index (χ2n) is 9.07. The SMILES string of the molecule is O=C1Nc2cc(C(=O)O)ccc2/C1=C(\Nc1ccc(C(=O)NOCCN2CCOCC2)cc1)c1ccccc1. The van der Waals surface area contributed by atoms with Crippen molar-refractivity contribution in [2.24, 2.45) is 0 Å². The van der Waals surface area contributed by atoms with Crippen molar-refractivity contribution < 1.29 is 29.1 Å². The Morgan fingerprint density at radius 2 is 1.67 bits per heavy atom. The third-order valence-electron chi connectivity index (χ3n) is 6.52. The molecule has 1 saturated heterocycles. The number of fused-ring (bicyclic) bond motifs is 1. The molecule has 2 amide bonds. The van der Waals surface area contributed by atoms with Crippen molar-refractivity contribution >= 4 is 40.4 Å². The molecular weight excluding hydrogens is 500 g/mol. The first-order valence-electron chi connectivity index (χ1n) is 12.6. The lowest BCUT2D eigenvalue weighted by atomic mass is 9.99. The molecule has 2 aliphatic heterocycles. The Bertz CT molecular complexity index is 1400. The van der Waals surface area contributed by atoms with E-state index in [0.717, 1.165) is 18.7 Å². The van der Waals surface area contributed by atoms with E-state index in [1.807, 2.05) is 30.3 Å². The van der Waals surface area contributed by atoms with Crippen molar-refractivity contribution in [3.8, 4) is 0 Å². The number of hydrogen-bond donors (Lipinski definition) is 4. The Balaban J connectivity index is 1.32. The minimum atomic E-state index is -1.07. The van der Waals surface area contributed by atoms with Crippen molar-refractivity contribution in [1.82, 2.24) is 10.4 Å². The summed E-state index contributed by atoms with van der Waals surface area (Å²) in [6, 6.07) is 20.7. The van der Waals surface area contributed by atoms with Crippen molar-refractivity contribution in [3.63, 3.8) is 0 Å². The number of benzene rings is 3. The Labute approximate surface area is 225 Å². The lowest BCUT2D eigenvalue weighted by molar-refractivity contribution is -0.110. The molecule has 0 saturated carbocycles. The van der Waals surface area contributed by atoms with E-state index in [1.54, 1.807) is 30.3 Å². The lowest BCUT2D eigenvalue weighted by Gasteiger charge is -2.26. The number of hydroxylamine groups is 1. The van der Waals surface area contributed by atoms with Gasteiger partial charge >= 0.3 is 5.97 Å². The van der Waals surface area contributed by atoms with Gasteiger partial charge in [-0.1, -0.05) is 36.4 Å². The predicted molar refractivity (Wildman–Crippen MR) is 146 cm³/mol. The van der Waals surface area contributed by atoms with Crippen LogP contribution in [0.25, 0.3) is 11.3 Å². The van der Waals surface area contributed by atoms with Crippen molar-refractivity contribution in [3.05, 3.63) is 95.1 Å². The van der Waals surface area contributed by atoms with Gasteiger partial charge in [-0.2, -0.15) is 0 Å². The molecule has 0 radical (unpaired) electrons. The van der Waals surface area contributed by atoms with Gasteiger partial charge in [-0.3, -0.25) is 19.3 Å². The van der Waals surface area contributed by atoms with Crippen LogP contribution in [0.2, 0.25) is 0 Å². The number of anilines is 2. The first kappa shape index (κ1) is 26.1. The maximum absolute atomic E-state index is 13.1. The van der Waals surface area contributed by atoms with Gasteiger partial charge in [0, 0.05) is 36.4 Å². The van der Waals surface area contributed by atoms with Crippen molar-refractivity contribution in [1.29, 1.82) is 0 Å². The Hall–Kier alpha value is -4.51. The number of hydrogen-bond acceptors (Lipinski definition) is 7. The quantitative estimate of drug-likeness (QED) is 0.189. The molecule has 0 unspecified atom stereocenters. The van der Waals surface area contributed by atoms with Crippen LogP contribution in [0.1, 0.15) is 31.8 Å². The van der Waals surface area contributed by atoms with Gasteiger partial charge in [0.2, 0.25) is 0 Å². The molecule has 5 rings (SSSR count). The average Bonchev–Trinajstić information content (AvgIpc) is 3.30. The van der Waals surface area contributed by atoms with Gasteiger partial charge < -0.3 is 20.5 Å². The highest BCUT2D eigenvalue weighted by atomic mass is 16.7. The first-order valence-corrected chi connectivity index (χ1v) is 12.6. The van der Waals surface area contributed by atoms with E-state index in [2.05, 4.69) is 21.0 Å². The summed E-state index contributed by atoms with van der Waals surface area (Å²) in [6.07, 6.45) is 0. The fourth-order valence-corrected chi connectivity index (χ4v) is 4.46. The molecular formula is C29H28N4O6. The maximum atomic E-state index is 13.1. The molecule has 3 aromatic rings. The fraction of sp³-hybridized carbons (Fsp3) is 0.207. The van der Waals surface area contributed by atoms with Gasteiger partial charge in [-0.05, 0) is 42.0 Å². The summed E-state index contributed by atoms with van der Waals surface area (Å²) in [5.41, 5.74) is 6.40. The molecule has 2 aliphatic rings. The van der Waals surface area contributed by atoms with Crippen LogP contribution < -0.4 is 16.1 Å². The number of rotatable bonds is 9. The van der Waals surface area contributed by atoms with Crippen LogP contribution in [0.15, 0.2) is 72.8 Å². The van der Waals surface area contributed by atoms with Gasteiger partial charge in [0.25, 0.3) is 11.8 Å². The van der Waals surface area contributed by atoms with E-state index < -0.39 is 5.97 Å². The third kappa shape index (κ3) is 6.15. The van der Waals surface area contributed by atoms with Gasteiger partial charge in [0.15, 0.2) is 0 Å². The topological polar surface area (TPSA) is 129 Å². The van der Waals surface area contributed by atoms with E-state index in [-0.39, 0.29) is 17.4 Å². The van der Waals surface area contributed by atoms with E-state index in [9.17, 15) is 19.5 Å². The van der Waals surface area contributed by atoms with Crippen LogP contribution >= 0.6 is 0 Å². The average molecular weight is 529 g/mol. The molecule has 3 aromatic carbocycles. The molecule has 1 fully saturated rings. The number of carbonyl (C=O) groups excluding carboxylic acids is 2. The zero-order chi connectivity index (χ0) is 27.2. The first-order chi connectivity index (χ1) is 19.0. The van der Waals surface area contributed by atoms with Gasteiger partial charge in [-0.15, -0.1) is 0 Å². The number of nitrogens with zero attached hydrogens (tertiary/aromatic N) is 1. The minimum absolute atomic E-state index is 0.0865. The highest BCUT2D eigenvalue weighted by Crippen LogP contribution is 2.38. The predicted octanol–water partition coefficient (Wildman–Crippen LogP) is 3.31. The molecule has 0 bridgehead atoms. The number of aromatic carboxylic acids is 1. The second kappa shape index (κ2) is 11.9. The lowest BCUT2D eigenvalue weighted by Crippen LogP contribution is -2.39. The summed E-state index contributed by atoms with van der Waals surface area (Å²) in [7, 11) is 0. The normalized spacial score (nSPS) is 16.3. The van der Waals surface area contributed by atoms with Gasteiger partial charge in [-0.25, -0.2) is 10.3 Å². The Morgan fingerprint density at radius 1 is 0.949 bits per heavy atom. The number of carbonyl (C=O) groups is 3. The monoisotopic (exact) mass is 528 g/mol. The fourth-order valence-electron chi connectivity index (χ4n) is 4.46. The molecule has 4 N–H and O–H groups in total. The van der Waals surface area contributed by atoms with Crippen LogP contribution in [0.3, 0.4) is 0 Å². The molecule has 2 heterocycles. The third-order valence-corrected chi connectivity index (χ3v) is 6.52. The maximum Gasteiger partial charge on any atom is 0.335 e. The van der Waals surface area contributed by atoms with Crippen LogP contribution in [0, 0.1) is 0 Å². The summed E-state index contributed by atoms with van der Waals surface area (Å²) in [6.45, 7) is 4.19. The largest absolute Gasteiger partial charge is 0.478 e. The Morgan fingerprint density at radius 3 is 2.38 bits per heavy atom. The Kier molecular flexibility index (Phi) is 7.97. The van der Waals surface area contributed by atoms with Crippen LogP contribution in [0.5, 0.6) is 0 Å². The molecule has 0 spiro atoms. The summed E-state index contributed by atoms with van der Waals surface area (Å²) in [4.78, 5) is 44.5. The van der Waals surface area contributed by atoms with E-state index >= 15 is 0 Å². The zero-order valence-corrected chi connectivity index (χ0v) is 21.1. The van der Waals surface area contributed by atoms with E-state index in [1.165, 1.54) is 12.1 Å². The molecule has 10 heteroatoms. The summed E-state index contributed by atoms with van der Waals surface area (Å²) in [5.74, 6) is -1.77. The number of amides is 2. The van der Waals surface area contributed by atoms with Crippen molar-refractivity contribution in [2.75, 3.05) is 50.1 Å². The second-order valence-corrected chi connectivity index (χ2v) is 9.07. The molecule has 0 aromatic heterocycles. The standard InChI is InChI=1S/C29H28N4O6/c34-27(32-39-17-14-33-12-15-38-16-13-33)20-6-9-22(10-7-20)30-26(19-4-2-1-3-5-19)25-23-11-8-21(29(36)37)18-24(23)31-28(25)35/h1-11,18,30H,12-17H2,(H,31,35)(H,32,34)(H,36,37)/b26-25+.